The number of ether oxygens (including phenoxy) is 1. The molecule has 2 rings (SSSR count). The van der Waals surface area contributed by atoms with Crippen LogP contribution in [0.25, 0.3) is 0 Å². The van der Waals surface area contributed by atoms with Crippen LogP contribution in [0.3, 0.4) is 0 Å². The van der Waals surface area contributed by atoms with Gasteiger partial charge in [-0.2, -0.15) is 0 Å². The highest BCUT2D eigenvalue weighted by atomic mass is 19.1. The smallest absolute Gasteiger partial charge is 0.226 e. The zero-order valence-corrected chi connectivity index (χ0v) is 13.6. The summed E-state index contributed by atoms with van der Waals surface area (Å²) in [4.78, 5) is 25.2. The Morgan fingerprint density at radius 2 is 1.71 bits per heavy atom. The summed E-state index contributed by atoms with van der Waals surface area (Å²) in [6, 6.07) is 12.5. The van der Waals surface area contributed by atoms with E-state index in [-0.39, 0.29) is 30.6 Å². The second-order valence-electron chi connectivity index (χ2n) is 5.17. The lowest BCUT2D eigenvalue weighted by atomic mass is 10.2. The zero-order chi connectivity index (χ0) is 17.5. The molecule has 0 unspecified atom stereocenters. The van der Waals surface area contributed by atoms with E-state index in [4.69, 9.17) is 4.74 Å². The number of carbonyl (C=O) groups is 2. The molecule has 0 radical (unpaired) electrons. The molecule has 0 aliphatic rings. The highest BCUT2D eigenvalue weighted by Gasteiger charge is 2.13. The molecule has 2 aromatic rings. The number of hydrogen-bond acceptors (Lipinski definition) is 3. The first-order valence-corrected chi connectivity index (χ1v) is 7.47. The van der Waals surface area contributed by atoms with Gasteiger partial charge in [-0.3, -0.25) is 9.59 Å². The maximum Gasteiger partial charge on any atom is 0.226 e. The van der Waals surface area contributed by atoms with E-state index >= 15 is 0 Å². The molecule has 1 N–H and O–H groups in total. The van der Waals surface area contributed by atoms with Crippen LogP contribution in [0.5, 0.6) is 5.75 Å². The molecule has 0 atom stereocenters. The fraction of sp³-hybridized carbons (Fsp3) is 0.222. The van der Waals surface area contributed by atoms with E-state index in [2.05, 4.69) is 5.32 Å². The van der Waals surface area contributed by atoms with Crippen LogP contribution in [0.4, 0.5) is 15.8 Å². The molecule has 2 amide bonds. The number of anilines is 2. The third-order valence-corrected chi connectivity index (χ3v) is 3.45. The lowest BCUT2D eigenvalue weighted by molar-refractivity contribution is -0.117. The highest BCUT2D eigenvalue weighted by molar-refractivity contribution is 5.94. The second kappa shape index (κ2) is 8.10. The monoisotopic (exact) mass is 330 g/mol. The van der Waals surface area contributed by atoms with Gasteiger partial charge >= 0.3 is 0 Å². The maximum atomic E-state index is 13.0. The van der Waals surface area contributed by atoms with E-state index < -0.39 is 0 Å². The summed E-state index contributed by atoms with van der Waals surface area (Å²) in [6.45, 7) is 1.62. The Bertz CT molecular complexity index is 699. The van der Waals surface area contributed by atoms with Crippen molar-refractivity contribution in [2.24, 2.45) is 0 Å². The zero-order valence-electron chi connectivity index (χ0n) is 13.6. The Hall–Kier alpha value is -2.89. The Labute approximate surface area is 140 Å². The Morgan fingerprint density at radius 1 is 1.08 bits per heavy atom. The molecular formula is C18H19FN2O3. The van der Waals surface area contributed by atoms with Gasteiger partial charge in [0.2, 0.25) is 11.8 Å². The number of rotatable bonds is 6. The van der Waals surface area contributed by atoms with Gasteiger partial charge in [-0.25, -0.2) is 4.39 Å². The highest BCUT2D eigenvalue weighted by Crippen LogP contribution is 2.17. The van der Waals surface area contributed by atoms with Crippen LogP contribution in [0.15, 0.2) is 48.5 Å². The van der Waals surface area contributed by atoms with Crippen molar-refractivity contribution in [2.45, 2.75) is 13.3 Å². The molecule has 126 valence electrons. The summed E-state index contributed by atoms with van der Waals surface area (Å²) >= 11 is 0. The molecule has 0 aromatic heterocycles. The second-order valence-corrected chi connectivity index (χ2v) is 5.17. The topological polar surface area (TPSA) is 58.6 Å². The van der Waals surface area contributed by atoms with Crippen molar-refractivity contribution in [3.8, 4) is 5.75 Å². The van der Waals surface area contributed by atoms with Crippen LogP contribution in [-0.4, -0.2) is 25.5 Å². The third-order valence-electron chi connectivity index (χ3n) is 3.45. The van der Waals surface area contributed by atoms with Gasteiger partial charge in [0.05, 0.1) is 7.11 Å². The van der Waals surface area contributed by atoms with E-state index in [1.54, 1.807) is 31.4 Å². The van der Waals surface area contributed by atoms with E-state index in [1.807, 2.05) is 0 Å². The molecule has 0 spiro atoms. The Kier molecular flexibility index (Phi) is 5.89. The van der Waals surface area contributed by atoms with Crippen molar-refractivity contribution in [3.63, 3.8) is 0 Å². The fourth-order valence-electron chi connectivity index (χ4n) is 2.20. The van der Waals surface area contributed by atoms with Crippen LogP contribution in [0.2, 0.25) is 0 Å². The number of hydrogen-bond donors (Lipinski definition) is 1. The van der Waals surface area contributed by atoms with E-state index in [9.17, 15) is 14.0 Å². The predicted octanol–water partition coefficient (Wildman–Crippen LogP) is 3.22. The number of benzene rings is 2. The molecule has 0 heterocycles. The van der Waals surface area contributed by atoms with Gasteiger partial charge in [0.15, 0.2) is 0 Å². The molecule has 0 saturated heterocycles. The number of methoxy groups -OCH3 is 1. The summed E-state index contributed by atoms with van der Waals surface area (Å²) in [5.41, 5.74) is 1.21. The van der Waals surface area contributed by atoms with E-state index in [0.717, 1.165) is 0 Å². The molecule has 0 fully saturated rings. The van der Waals surface area contributed by atoms with Crippen molar-refractivity contribution in [1.29, 1.82) is 0 Å². The minimum atomic E-state index is -0.375. The number of halogens is 1. The summed E-state index contributed by atoms with van der Waals surface area (Å²) < 4.78 is 18.0. The van der Waals surface area contributed by atoms with Crippen molar-refractivity contribution >= 4 is 23.2 Å². The lowest BCUT2D eigenvalue weighted by Crippen LogP contribution is -2.31. The van der Waals surface area contributed by atoms with Gasteiger partial charge in [-0.1, -0.05) is 0 Å². The van der Waals surface area contributed by atoms with E-state index in [1.165, 1.54) is 36.1 Å². The number of amides is 2. The van der Waals surface area contributed by atoms with Crippen molar-refractivity contribution < 1.29 is 18.7 Å². The summed E-state index contributed by atoms with van der Waals surface area (Å²) in [7, 11) is 1.57. The third kappa shape index (κ3) is 4.81. The molecule has 24 heavy (non-hydrogen) atoms. The van der Waals surface area contributed by atoms with Crippen molar-refractivity contribution in [1.82, 2.24) is 0 Å². The van der Waals surface area contributed by atoms with Crippen LogP contribution in [0, 0.1) is 5.82 Å². The quantitative estimate of drug-likeness (QED) is 0.885. The number of carbonyl (C=O) groups excluding carboxylic acids is 2. The molecule has 2 aromatic carbocycles. The van der Waals surface area contributed by atoms with Crippen LogP contribution < -0.4 is 15.0 Å². The first-order chi connectivity index (χ1) is 11.5. The number of nitrogens with zero attached hydrogens (tertiary/aromatic N) is 1. The minimum Gasteiger partial charge on any atom is -0.497 e. The molecule has 5 nitrogen and oxygen atoms in total. The van der Waals surface area contributed by atoms with Crippen LogP contribution in [0.1, 0.15) is 13.3 Å². The Morgan fingerprint density at radius 3 is 2.25 bits per heavy atom. The fourth-order valence-corrected chi connectivity index (χ4v) is 2.20. The average molecular weight is 330 g/mol. The largest absolute Gasteiger partial charge is 0.497 e. The van der Waals surface area contributed by atoms with E-state index in [0.29, 0.717) is 17.1 Å². The van der Waals surface area contributed by atoms with Gasteiger partial charge in [0.1, 0.15) is 11.6 Å². The maximum absolute atomic E-state index is 13.0. The normalized spacial score (nSPS) is 10.1. The number of nitrogens with one attached hydrogen (secondary N) is 1. The first-order valence-electron chi connectivity index (χ1n) is 7.47. The summed E-state index contributed by atoms with van der Waals surface area (Å²) in [5, 5.41) is 2.76. The lowest BCUT2D eigenvalue weighted by Gasteiger charge is -2.21. The van der Waals surface area contributed by atoms with Gasteiger partial charge in [-0.15, -0.1) is 0 Å². The minimum absolute atomic E-state index is 0.128. The van der Waals surface area contributed by atoms with Gasteiger partial charge < -0.3 is 15.0 Å². The summed E-state index contributed by atoms with van der Waals surface area (Å²) in [6.07, 6.45) is 0.128. The van der Waals surface area contributed by atoms with Gasteiger partial charge in [0, 0.05) is 31.3 Å². The molecule has 0 aliphatic carbocycles. The molecule has 0 bridgehead atoms. The SMILES string of the molecule is COc1ccc(NC(=O)CCN(C(C)=O)c2ccc(F)cc2)cc1. The molecular weight excluding hydrogens is 311 g/mol. The van der Waals surface area contributed by atoms with Crippen LogP contribution in [-0.2, 0) is 9.59 Å². The van der Waals surface area contributed by atoms with Crippen LogP contribution >= 0.6 is 0 Å². The molecule has 0 aliphatic heterocycles. The van der Waals surface area contributed by atoms with Crippen molar-refractivity contribution in [3.05, 3.63) is 54.3 Å². The van der Waals surface area contributed by atoms with Crippen molar-refractivity contribution in [2.75, 3.05) is 23.9 Å². The standard InChI is InChI=1S/C18H19FN2O3/c1-13(22)21(16-7-3-14(19)4-8-16)12-11-18(23)20-15-5-9-17(24-2)10-6-15/h3-10H,11-12H2,1-2H3,(H,20,23). The predicted molar refractivity (Wildman–Crippen MR) is 90.7 cm³/mol. The van der Waals surface area contributed by atoms with Gasteiger partial charge in [0.25, 0.3) is 0 Å². The first kappa shape index (κ1) is 17.5. The summed E-state index contributed by atoms with van der Waals surface area (Å²) in [5.74, 6) is -0.0982. The molecule has 0 saturated carbocycles. The van der Waals surface area contributed by atoms with Gasteiger partial charge in [-0.05, 0) is 48.5 Å². The Balaban J connectivity index is 1.94. The average Bonchev–Trinajstić information content (AvgIpc) is 2.57. The molecule has 6 heteroatoms.